The zero-order valence-electron chi connectivity index (χ0n) is 17.4. The van der Waals surface area contributed by atoms with Gasteiger partial charge >= 0.3 is 0 Å². The first-order chi connectivity index (χ1) is 13.6. The molecule has 4 rings (SSSR count). The molecule has 0 saturated carbocycles. The third-order valence-electron chi connectivity index (χ3n) is 5.83. The molecule has 0 bridgehead atoms. The van der Waals surface area contributed by atoms with E-state index in [9.17, 15) is 0 Å². The molecule has 0 aliphatic carbocycles. The van der Waals surface area contributed by atoms with Gasteiger partial charge in [0.1, 0.15) is 17.5 Å². The zero-order chi connectivity index (χ0) is 19.7. The summed E-state index contributed by atoms with van der Waals surface area (Å²) in [5, 5.41) is 0. The summed E-state index contributed by atoms with van der Waals surface area (Å²) in [6.07, 6.45) is 3.51. The quantitative estimate of drug-likeness (QED) is 0.805. The van der Waals surface area contributed by atoms with Crippen LogP contribution in [0.15, 0.2) is 18.2 Å². The lowest BCUT2D eigenvalue weighted by atomic mass is 9.98. The summed E-state index contributed by atoms with van der Waals surface area (Å²) < 4.78 is 11.0. The number of ether oxygens (including phenoxy) is 2. The molecule has 28 heavy (non-hydrogen) atoms. The van der Waals surface area contributed by atoms with Crippen LogP contribution in [-0.4, -0.2) is 43.8 Å². The van der Waals surface area contributed by atoms with Gasteiger partial charge in [-0.2, -0.15) is 0 Å². The maximum atomic E-state index is 5.50. The second kappa shape index (κ2) is 7.86. The van der Waals surface area contributed by atoms with E-state index in [1.54, 1.807) is 14.2 Å². The minimum absolute atomic E-state index is 0.719. The minimum Gasteiger partial charge on any atom is -0.493 e. The van der Waals surface area contributed by atoms with Crippen LogP contribution >= 0.6 is 0 Å². The summed E-state index contributed by atoms with van der Waals surface area (Å²) in [5.41, 5.74) is 2.60. The lowest BCUT2D eigenvalue weighted by Gasteiger charge is -2.34. The normalized spacial score (nSPS) is 19.4. The zero-order valence-corrected chi connectivity index (χ0v) is 17.4. The first kappa shape index (κ1) is 18.8. The van der Waals surface area contributed by atoms with Crippen molar-refractivity contribution in [2.75, 3.05) is 43.7 Å². The van der Waals surface area contributed by atoms with Gasteiger partial charge in [-0.15, -0.1) is 0 Å². The number of rotatable bonds is 4. The van der Waals surface area contributed by atoms with E-state index in [4.69, 9.17) is 19.4 Å². The second-order valence-corrected chi connectivity index (χ2v) is 7.97. The number of hydrogen-bond acceptors (Lipinski definition) is 6. The van der Waals surface area contributed by atoms with Gasteiger partial charge in [-0.25, -0.2) is 9.97 Å². The standard InChI is InChI=1S/C22H30N4O2/c1-15-6-5-8-25(13-15)21-12-22(24-16(2)23-21)26-9-7-17-10-19(27-3)20(28-4)11-18(17)14-26/h10-12,15H,5-9,13-14H2,1-4H3. The lowest BCUT2D eigenvalue weighted by Crippen LogP contribution is -2.36. The third kappa shape index (κ3) is 3.73. The number of piperidine rings is 1. The molecule has 0 amide bonds. The first-order valence-corrected chi connectivity index (χ1v) is 10.2. The Labute approximate surface area is 167 Å². The topological polar surface area (TPSA) is 50.7 Å². The summed E-state index contributed by atoms with van der Waals surface area (Å²) in [5.74, 6) is 5.22. The van der Waals surface area contributed by atoms with E-state index in [0.29, 0.717) is 0 Å². The van der Waals surface area contributed by atoms with E-state index >= 15 is 0 Å². The fourth-order valence-corrected chi connectivity index (χ4v) is 4.34. The average Bonchev–Trinajstić information content (AvgIpc) is 2.71. The van der Waals surface area contributed by atoms with Crippen LogP contribution in [-0.2, 0) is 13.0 Å². The first-order valence-electron chi connectivity index (χ1n) is 10.2. The molecule has 3 heterocycles. The lowest BCUT2D eigenvalue weighted by molar-refractivity contribution is 0.353. The van der Waals surface area contributed by atoms with Gasteiger partial charge in [0, 0.05) is 32.2 Å². The fraction of sp³-hybridized carbons (Fsp3) is 0.545. The highest BCUT2D eigenvalue weighted by atomic mass is 16.5. The predicted molar refractivity (Wildman–Crippen MR) is 112 cm³/mol. The van der Waals surface area contributed by atoms with Gasteiger partial charge in [0.15, 0.2) is 11.5 Å². The summed E-state index contributed by atoms with van der Waals surface area (Å²) in [6, 6.07) is 6.37. The number of benzene rings is 1. The van der Waals surface area contributed by atoms with E-state index in [1.165, 1.54) is 24.0 Å². The highest BCUT2D eigenvalue weighted by molar-refractivity contribution is 5.55. The van der Waals surface area contributed by atoms with Crippen LogP contribution in [0.2, 0.25) is 0 Å². The molecule has 2 aliphatic rings. The van der Waals surface area contributed by atoms with Gasteiger partial charge < -0.3 is 19.3 Å². The Kier molecular flexibility index (Phi) is 5.29. The summed E-state index contributed by atoms with van der Waals surface area (Å²) in [6.45, 7) is 8.24. The van der Waals surface area contributed by atoms with Crippen molar-refractivity contribution >= 4 is 11.6 Å². The number of methoxy groups -OCH3 is 2. The van der Waals surface area contributed by atoms with Gasteiger partial charge in [0.05, 0.1) is 14.2 Å². The van der Waals surface area contributed by atoms with Gasteiger partial charge in [-0.05, 0) is 55.4 Å². The Morgan fingerprint density at radius 3 is 2.29 bits per heavy atom. The van der Waals surface area contributed by atoms with Crippen molar-refractivity contribution in [1.29, 1.82) is 0 Å². The van der Waals surface area contributed by atoms with Crippen molar-refractivity contribution in [1.82, 2.24) is 9.97 Å². The summed E-state index contributed by atoms with van der Waals surface area (Å²) in [7, 11) is 3.37. The molecule has 1 fully saturated rings. The third-order valence-corrected chi connectivity index (χ3v) is 5.83. The Morgan fingerprint density at radius 2 is 1.61 bits per heavy atom. The molecule has 0 N–H and O–H groups in total. The van der Waals surface area contributed by atoms with Crippen LogP contribution in [0.5, 0.6) is 11.5 Å². The SMILES string of the molecule is COc1cc2c(cc1OC)CN(c1cc(N3CCCC(C)C3)nc(C)n1)CC2. The molecule has 150 valence electrons. The Balaban J connectivity index is 1.60. The molecule has 1 aromatic carbocycles. The number of nitrogens with zero attached hydrogens (tertiary/aromatic N) is 4. The van der Waals surface area contributed by atoms with Crippen molar-refractivity contribution < 1.29 is 9.47 Å². The number of anilines is 2. The highest BCUT2D eigenvalue weighted by Gasteiger charge is 2.23. The molecule has 1 aromatic heterocycles. The molecule has 2 aromatic rings. The molecule has 1 saturated heterocycles. The number of fused-ring (bicyclic) bond motifs is 1. The largest absolute Gasteiger partial charge is 0.493 e. The van der Waals surface area contributed by atoms with Crippen LogP contribution in [0.1, 0.15) is 36.7 Å². The molecular formula is C22H30N4O2. The molecule has 1 atom stereocenters. The fourth-order valence-electron chi connectivity index (χ4n) is 4.34. The molecule has 0 spiro atoms. The molecule has 2 aliphatic heterocycles. The Bertz CT molecular complexity index is 855. The van der Waals surface area contributed by atoms with Gasteiger partial charge in [-0.1, -0.05) is 6.92 Å². The van der Waals surface area contributed by atoms with E-state index in [0.717, 1.165) is 67.5 Å². The van der Waals surface area contributed by atoms with E-state index in [1.807, 2.05) is 6.92 Å². The van der Waals surface area contributed by atoms with Crippen molar-refractivity contribution in [3.63, 3.8) is 0 Å². The van der Waals surface area contributed by atoms with Gasteiger partial charge in [0.25, 0.3) is 0 Å². The maximum absolute atomic E-state index is 5.50. The van der Waals surface area contributed by atoms with E-state index < -0.39 is 0 Å². The molecule has 6 nitrogen and oxygen atoms in total. The molecule has 6 heteroatoms. The van der Waals surface area contributed by atoms with Crippen molar-refractivity contribution in [2.24, 2.45) is 5.92 Å². The summed E-state index contributed by atoms with van der Waals surface area (Å²) >= 11 is 0. The maximum Gasteiger partial charge on any atom is 0.161 e. The molecule has 0 radical (unpaired) electrons. The molecular weight excluding hydrogens is 352 g/mol. The Morgan fingerprint density at radius 1 is 0.929 bits per heavy atom. The van der Waals surface area contributed by atoms with Crippen LogP contribution < -0.4 is 19.3 Å². The van der Waals surface area contributed by atoms with Crippen LogP contribution in [0, 0.1) is 12.8 Å². The minimum atomic E-state index is 0.719. The van der Waals surface area contributed by atoms with Gasteiger partial charge in [0.2, 0.25) is 0 Å². The van der Waals surface area contributed by atoms with Crippen LogP contribution in [0.25, 0.3) is 0 Å². The van der Waals surface area contributed by atoms with Crippen LogP contribution in [0.3, 0.4) is 0 Å². The van der Waals surface area contributed by atoms with Crippen molar-refractivity contribution in [2.45, 2.75) is 39.7 Å². The van der Waals surface area contributed by atoms with E-state index in [2.05, 4.69) is 34.9 Å². The van der Waals surface area contributed by atoms with Gasteiger partial charge in [-0.3, -0.25) is 0 Å². The average molecular weight is 383 g/mol. The predicted octanol–water partition coefficient (Wildman–Crippen LogP) is 3.60. The number of aryl methyl sites for hydroxylation is 1. The monoisotopic (exact) mass is 382 g/mol. The smallest absolute Gasteiger partial charge is 0.161 e. The van der Waals surface area contributed by atoms with E-state index in [-0.39, 0.29) is 0 Å². The Hall–Kier alpha value is -2.50. The summed E-state index contributed by atoms with van der Waals surface area (Å²) in [4.78, 5) is 14.2. The highest BCUT2D eigenvalue weighted by Crippen LogP contribution is 2.34. The van der Waals surface area contributed by atoms with Crippen molar-refractivity contribution in [3.05, 3.63) is 35.2 Å². The van der Waals surface area contributed by atoms with Crippen molar-refractivity contribution in [3.8, 4) is 11.5 Å². The number of hydrogen-bond donors (Lipinski definition) is 0. The van der Waals surface area contributed by atoms with Crippen LogP contribution in [0.4, 0.5) is 11.6 Å². The number of aromatic nitrogens is 2. The second-order valence-electron chi connectivity index (χ2n) is 7.97. The molecule has 1 unspecified atom stereocenters.